The molecule has 0 aromatic heterocycles. The van der Waals surface area contributed by atoms with Crippen molar-refractivity contribution in [2.45, 2.75) is 50.4 Å². The Balaban J connectivity index is 1.47. The molecule has 1 N–H and O–H groups in total. The number of piperidine rings is 1. The largest absolute Gasteiger partial charge is 0.482 e. The van der Waals surface area contributed by atoms with Crippen LogP contribution in [-0.2, 0) is 11.8 Å². The summed E-state index contributed by atoms with van der Waals surface area (Å²) in [6, 6.07) is 10.1. The molecule has 31 heavy (non-hydrogen) atoms. The lowest BCUT2D eigenvalue weighted by atomic mass is 9.53. The summed E-state index contributed by atoms with van der Waals surface area (Å²) >= 11 is 0. The topological polar surface area (TPSA) is 59.0 Å². The summed E-state index contributed by atoms with van der Waals surface area (Å²) in [4.78, 5) is 15.5. The summed E-state index contributed by atoms with van der Waals surface area (Å²) in [5.74, 6) is 1.03. The van der Waals surface area contributed by atoms with Crippen LogP contribution in [0, 0.1) is 19.8 Å². The first kappa shape index (κ1) is 19.1. The van der Waals surface area contributed by atoms with E-state index in [0.29, 0.717) is 23.1 Å². The molecule has 6 rings (SSSR count). The summed E-state index contributed by atoms with van der Waals surface area (Å²) in [6.45, 7) is 4.81. The molecule has 0 radical (unpaired) electrons. The minimum Gasteiger partial charge on any atom is -0.482 e. The molecule has 2 aliphatic carbocycles. The fraction of sp³-hybridized carbons (Fsp3) is 0.423. The highest BCUT2D eigenvalue weighted by Gasteiger charge is 2.64. The molecule has 0 unspecified atom stereocenters. The van der Waals surface area contributed by atoms with Gasteiger partial charge in [0, 0.05) is 22.9 Å². The normalized spacial score (nSPS) is 32.4. The van der Waals surface area contributed by atoms with Crippen molar-refractivity contribution in [1.29, 1.82) is 0 Å². The fourth-order valence-electron chi connectivity index (χ4n) is 6.60. The van der Waals surface area contributed by atoms with E-state index >= 15 is 0 Å². The number of nitrogens with zero attached hydrogens (tertiary/aromatic N) is 1. The number of hydrogen-bond donors (Lipinski definition) is 1. The molecule has 160 valence electrons. The predicted molar refractivity (Wildman–Crippen MR) is 117 cm³/mol. The van der Waals surface area contributed by atoms with Crippen LogP contribution in [0.15, 0.2) is 42.5 Å². The third kappa shape index (κ3) is 2.42. The molecule has 5 atom stereocenters. The lowest BCUT2D eigenvalue weighted by Gasteiger charge is -2.56. The Labute approximate surface area is 182 Å². The zero-order chi connectivity index (χ0) is 21.5. The SMILES string of the molecule is Cc1cccc(C)c1C(=O)Oc1ccc2c3c1O[C@H]1[C@@H](O)C=C[C@H]4[C@@H](C2)N(C)CC[C@@]341. The number of hydrogen-bond acceptors (Lipinski definition) is 5. The van der Waals surface area contributed by atoms with Crippen LogP contribution in [0.3, 0.4) is 0 Å². The van der Waals surface area contributed by atoms with Gasteiger partial charge in [-0.25, -0.2) is 4.79 Å². The van der Waals surface area contributed by atoms with Crippen molar-refractivity contribution in [3.8, 4) is 11.5 Å². The quantitative estimate of drug-likeness (QED) is 0.462. The number of carbonyl (C=O) groups excluding carboxylic acids is 1. The highest BCUT2D eigenvalue weighted by atomic mass is 16.6. The second-order valence-electron chi connectivity index (χ2n) is 9.57. The number of carbonyl (C=O) groups is 1. The molecule has 5 nitrogen and oxygen atoms in total. The first-order valence-corrected chi connectivity index (χ1v) is 11.1. The molecule has 0 saturated carbocycles. The van der Waals surface area contributed by atoms with Gasteiger partial charge in [-0.05, 0) is 63.0 Å². The van der Waals surface area contributed by atoms with E-state index in [2.05, 4.69) is 24.1 Å². The maximum absolute atomic E-state index is 13.1. The Kier molecular flexibility index (Phi) is 3.96. The van der Waals surface area contributed by atoms with E-state index in [9.17, 15) is 9.90 Å². The molecule has 0 amide bonds. The number of benzene rings is 2. The molecule has 2 bridgehead atoms. The third-order valence-corrected chi connectivity index (χ3v) is 8.02. The second kappa shape index (κ2) is 6.44. The average molecular weight is 418 g/mol. The van der Waals surface area contributed by atoms with Crippen LogP contribution in [0.4, 0.5) is 0 Å². The summed E-state index contributed by atoms with van der Waals surface area (Å²) in [5.41, 5.74) is 4.53. The number of likely N-dealkylation sites (tertiary alicyclic amines) is 1. The molecule has 4 aliphatic rings. The maximum atomic E-state index is 13.1. The minimum atomic E-state index is -0.666. The second-order valence-corrected chi connectivity index (χ2v) is 9.57. The molecule has 1 saturated heterocycles. The Morgan fingerprint density at radius 1 is 1.19 bits per heavy atom. The summed E-state index contributed by atoms with van der Waals surface area (Å²) in [7, 11) is 2.19. The van der Waals surface area contributed by atoms with Crippen LogP contribution >= 0.6 is 0 Å². The molecular formula is C26H27NO4. The van der Waals surface area contributed by atoms with E-state index in [1.807, 2.05) is 44.2 Å². The van der Waals surface area contributed by atoms with Crippen LogP contribution < -0.4 is 9.47 Å². The fourth-order valence-corrected chi connectivity index (χ4v) is 6.60. The van der Waals surface area contributed by atoms with Crippen molar-refractivity contribution in [2.24, 2.45) is 5.92 Å². The zero-order valence-corrected chi connectivity index (χ0v) is 18.1. The number of aliphatic hydroxyl groups is 1. The van der Waals surface area contributed by atoms with E-state index < -0.39 is 6.10 Å². The average Bonchev–Trinajstić information content (AvgIpc) is 3.09. The summed E-state index contributed by atoms with van der Waals surface area (Å²) in [5, 5.41) is 10.8. The Morgan fingerprint density at radius 3 is 2.74 bits per heavy atom. The van der Waals surface area contributed by atoms with Gasteiger partial charge in [-0.15, -0.1) is 0 Å². The Morgan fingerprint density at radius 2 is 1.97 bits per heavy atom. The van der Waals surface area contributed by atoms with Gasteiger partial charge in [0.15, 0.2) is 11.5 Å². The molecule has 2 aromatic carbocycles. The van der Waals surface area contributed by atoms with Crippen molar-refractivity contribution in [2.75, 3.05) is 13.6 Å². The third-order valence-electron chi connectivity index (χ3n) is 8.02. The van der Waals surface area contributed by atoms with Crippen LogP contribution in [0.1, 0.15) is 39.0 Å². The van der Waals surface area contributed by atoms with Gasteiger partial charge in [-0.3, -0.25) is 0 Å². The van der Waals surface area contributed by atoms with Gasteiger partial charge in [0.25, 0.3) is 0 Å². The van der Waals surface area contributed by atoms with Crippen LogP contribution in [0.25, 0.3) is 0 Å². The number of likely N-dealkylation sites (N-methyl/N-ethyl adjacent to an activating group) is 1. The first-order valence-electron chi connectivity index (χ1n) is 11.1. The van der Waals surface area contributed by atoms with E-state index in [-0.39, 0.29) is 23.4 Å². The van der Waals surface area contributed by atoms with Gasteiger partial charge in [0.1, 0.15) is 12.2 Å². The first-order chi connectivity index (χ1) is 14.9. The van der Waals surface area contributed by atoms with Crippen molar-refractivity contribution >= 4 is 5.97 Å². The van der Waals surface area contributed by atoms with Crippen LogP contribution in [-0.4, -0.2) is 47.8 Å². The summed E-state index contributed by atoms with van der Waals surface area (Å²) < 4.78 is 12.4. The number of rotatable bonds is 2. The number of aryl methyl sites for hydroxylation is 2. The molecule has 2 heterocycles. The molecule has 1 spiro atoms. The van der Waals surface area contributed by atoms with Gasteiger partial charge in [-0.1, -0.05) is 36.4 Å². The van der Waals surface area contributed by atoms with Crippen molar-refractivity contribution in [3.05, 3.63) is 70.3 Å². The van der Waals surface area contributed by atoms with E-state index in [0.717, 1.165) is 36.1 Å². The number of esters is 1. The van der Waals surface area contributed by atoms with Gasteiger partial charge in [0.2, 0.25) is 0 Å². The number of ether oxygens (including phenoxy) is 2. The molecular weight excluding hydrogens is 390 g/mol. The highest BCUT2D eigenvalue weighted by Crippen LogP contribution is 2.62. The number of aliphatic hydroxyl groups excluding tert-OH is 1. The zero-order valence-electron chi connectivity index (χ0n) is 18.1. The van der Waals surface area contributed by atoms with E-state index in [4.69, 9.17) is 9.47 Å². The molecule has 2 aliphatic heterocycles. The monoisotopic (exact) mass is 417 g/mol. The van der Waals surface area contributed by atoms with E-state index in [1.165, 1.54) is 5.56 Å². The predicted octanol–water partition coefficient (Wildman–Crippen LogP) is 3.33. The molecule has 2 aromatic rings. The Hall–Kier alpha value is -2.63. The standard InChI is InChI=1S/C26H27NO4/c1-14-5-4-6-15(2)21(14)25(29)30-20-10-7-16-13-18-17-8-9-19(28)24-26(17,11-12-27(18)3)22(16)23(20)31-24/h4-10,17-19,24,28H,11-13H2,1-3H3/t17-,18+,19-,24-,26-/m0/s1. The lowest BCUT2D eigenvalue weighted by Crippen LogP contribution is -2.64. The van der Waals surface area contributed by atoms with Crippen LogP contribution in [0.2, 0.25) is 0 Å². The van der Waals surface area contributed by atoms with Crippen molar-refractivity contribution in [3.63, 3.8) is 0 Å². The van der Waals surface area contributed by atoms with Gasteiger partial charge < -0.3 is 19.5 Å². The summed E-state index contributed by atoms with van der Waals surface area (Å²) in [6.07, 6.45) is 4.93. The van der Waals surface area contributed by atoms with Crippen molar-refractivity contribution in [1.82, 2.24) is 4.90 Å². The van der Waals surface area contributed by atoms with Gasteiger partial charge in [0.05, 0.1) is 5.56 Å². The van der Waals surface area contributed by atoms with Gasteiger partial charge >= 0.3 is 5.97 Å². The van der Waals surface area contributed by atoms with Crippen LogP contribution in [0.5, 0.6) is 11.5 Å². The van der Waals surface area contributed by atoms with Crippen molar-refractivity contribution < 1.29 is 19.4 Å². The van der Waals surface area contributed by atoms with Gasteiger partial charge in [-0.2, -0.15) is 0 Å². The lowest BCUT2D eigenvalue weighted by molar-refractivity contribution is -0.0453. The molecule has 5 heteroatoms. The maximum Gasteiger partial charge on any atom is 0.344 e. The molecule has 1 fully saturated rings. The smallest absolute Gasteiger partial charge is 0.344 e. The Bertz CT molecular complexity index is 1120. The highest BCUT2D eigenvalue weighted by molar-refractivity contribution is 5.94. The minimum absolute atomic E-state index is 0.255. The van der Waals surface area contributed by atoms with E-state index in [1.54, 1.807) is 0 Å².